The molecule has 1 aromatic heterocycles. The van der Waals surface area contributed by atoms with Crippen molar-refractivity contribution in [3.63, 3.8) is 0 Å². The fourth-order valence-electron chi connectivity index (χ4n) is 2.24. The second kappa shape index (κ2) is 6.68. The summed E-state index contributed by atoms with van der Waals surface area (Å²) in [6, 6.07) is 14.8. The number of anilines is 1. The van der Waals surface area contributed by atoms with Crippen LogP contribution in [-0.4, -0.2) is 13.6 Å². The number of hydrogen-bond donors (Lipinski definition) is 1. The van der Waals surface area contributed by atoms with E-state index in [-0.39, 0.29) is 10.7 Å². The molecule has 1 heterocycles. The lowest BCUT2D eigenvalue weighted by Crippen LogP contribution is -2.12. The second-order valence-electron chi connectivity index (χ2n) is 5.19. The van der Waals surface area contributed by atoms with Crippen LogP contribution in [0.5, 0.6) is 0 Å². The van der Waals surface area contributed by atoms with E-state index < -0.39 is 10.0 Å². The maximum atomic E-state index is 12.3. The molecule has 9 heteroatoms. The number of nitrogens with one attached hydrogen (secondary N) is 1. The number of sulfonamides is 1. The van der Waals surface area contributed by atoms with Crippen LogP contribution in [0, 0.1) is 6.92 Å². The van der Waals surface area contributed by atoms with Gasteiger partial charge in [0, 0.05) is 16.7 Å². The summed E-state index contributed by atoms with van der Waals surface area (Å²) in [4.78, 5) is 2.85. The van der Waals surface area contributed by atoms with Crippen LogP contribution >= 0.6 is 0 Å². The topological polar surface area (TPSA) is 121 Å². The van der Waals surface area contributed by atoms with E-state index in [9.17, 15) is 8.42 Å². The van der Waals surface area contributed by atoms with Crippen molar-refractivity contribution in [1.29, 1.82) is 0 Å². The Labute approximate surface area is 143 Å². The van der Waals surface area contributed by atoms with Crippen molar-refractivity contribution in [1.82, 2.24) is 5.16 Å². The first-order valence-electron chi connectivity index (χ1n) is 7.20. The zero-order chi connectivity index (χ0) is 17.9. The molecule has 0 saturated carbocycles. The molecule has 0 amide bonds. The van der Waals surface area contributed by atoms with Crippen molar-refractivity contribution in [2.75, 3.05) is 4.72 Å². The zero-order valence-electron chi connectivity index (χ0n) is 13.1. The highest BCUT2D eigenvalue weighted by Gasteiger charge is 2.16. The number of nitrogens with zero attached hydrogens (tertiary/aromatic N) is 4. The number of benzene rings is 2. The highest BCUT2D eigenvalue weighted by molar-refractivity contribution is 7.92. The van der Waals surface area contributed by atoms with Gasteiger partial charge in [-0.1, -0.05) is 40.6 Å². The van der Waals surface area contributed by atoms with Gasteiger partial charge in [0.15, 0.2) is 5.82 Å². The van der Waals surface area contributed by atoms with Gasteiger partial charge in [0.25, 0.3) is 10.0 Å². The van der Waals surface area contributed by atoms with Crippen LogP contribution in [0.15, 0.2) is 69.1 Å². The summed E-state index contributed by atoms with van der Waals surface area (Å²) in [6.45, 7) is 1.67. The van der Waals surface area contributed by atoms with E-state index in [0.29, 0.717) is 11.4 Å². The summed E-state index contributed by atoms with van der Waals surface area (Å²) >= 11 is 0. The number of azide groups is 1. The molecule has 0 aliphatic rings. The first-order chi connectivity index (χ1) is 12.0. The summed E-state index contributed by atoms with van der Waals surface area (Å²) in [5, 5.41) is 7.17. The van der Waals surface area contributed by atoms with E-state index in [2.05, 4.69) is 19.9 Å². The predicted molar refractivity (Wildman–Crippen MR) is 92.7 cm³/mol. The molecule has 3 rings (SSSR count). The lowest BCUT2D eigenvalue weighted by Gasteiger charge is -2.07. The Bertz CT molecular complexity index is 1050. The van der Waals surface area contributed by atoms with Gasteiger partial charge in [-0.15, -0.1) is 0 Å². The van der Waals surface area contributed by atoms with Crippen LogP contribution in [-0.2, 0) is 10.0 Å². The molecule has 2 aromatic carbocycles. The van der Waals surface area contributed by atoms with Gasteiger partial charge in [-0.05, 0) is 41.8 Å². The smallest absolute Gasteiger partial charge is 0.263 e. The van der Waals surface area contributed by atoms with Crippen molar-refractivity contribution in [2.24, 2.45) is 5.11 Å². The van der Waals surface area contributed by atoms with Crippen molar-refractivity contribution in [3.05, 3.63) is 70.8 Å². The predicted octanol–water partition coefficient (Wildman–Crippen LogP) is 4.39. The quantitative estimate of drug-likeness (QED) is 0.414. The van der Waals surface area contributed by atoms with E-state index >= 15 is 0 Å². The molecular weight excluding hydrogens is 342 g/mol. The minimum atomic E-state index is -3.75. The van der Waals surface area contributed by atoms with Crippen LogP contribution in [0.4, 0.5) is 11.5 Å². The Hall–Kier alpha value is -3.29. The van der Waals surface area contributed by atoms with Gasteiger partial charge in [-0.2, -0.15) is 0 Å². The maximum Gasteiger partial charge on any atom is 0.263 e. The lowest BCUT2D eigenvalue weighted by atomic mass is 10.1. The summed E-state index contributed by atoms with van der Waals surface area (Å²) in [6.07, 6.45) is 0. The fourth-order valence-corrected chi connectivity index (χ4v) is 3.22. The van der Waals surface area contributed by atoms with E-state index in [0.717, 1.165) is 11.1 Å². The molecule has 0 bridgehead atoms. The van der Waals surface area contributed by atoms with Gasteiger partial charge in [-0.25, -0.2) is 8.42 Å². The Morgan fingerprint density at radius 2 is 1.88 bits per heavy atom. The molecule has 0 spiro atoms. The van der Waals surface area contributed by atoms with Gasteiger partial charge in [0.1, 0.15) is 5.76 Å². The SMILES string of the molecule is Cc1cc(NS(=O)(=O)c2ccc(-c3cccc(N=[N+]=[N-])c3)cc2)no1. The van der Waals surface area contributed by atoms with Gasteiger partial charge in [0.2, 0.25) is 0 Å². The van der Waals surface area contributed by atoms with Crippen LogP contribution in [0.1, 0.15) is 5.76 Å². The average molecular weight is 355 g/mol. The van der Waals surface area contributed by atoms with Crippen LogP contribution < -0.4 is 4.72 Å². The monoisotopic (exact) mass is 355 g/mol. The molecule has 25 heavy (non-hydrogen) atoms. The molecule has 126 valence electrons. The minimum Gasteiger partial charge on any atom is -0.360 e. The zero-order valence-corrected chi connectivity index (χ0v) is 13.9. The Morgan fingerprint density at radius 3 is 2.52 bits per heavy atom. The lowest BCUT2D eigenvalue weighted by molar-refractivity contribution is 0.400. The molecule has 0 aliphatic heterocycles. The average Bonchev–Trinajstić information content (AvgIpc) is 3.00. The van der Waals surface area contributed by atoms with Crippen molar-refractivity contribution in [2.45, 2.75) is 11.8 Å². The third kappa shape index (κ3) is 3.79. The molecule has 0 aliphatic carbocycles. The fraction of sp³-hybridized carbons (Fsp3) is 0.0625. The third-order valence-corrected chi connectivity index (χ3v) is 4.74. The largest absolute Gasteiger partial charge is 0.360 e. The molecule has 0 unspecified atom stereocenters. The molecule has 0 atom stereocenters. The number of aromatic nitrogens is 1. The van der Waals surface area contributed by atoms with E-state index in [1.165, 1.54) is 18.2 Å². The molecular formula is C16H13N5O3S. The molecule has 0 fully saturated rings. The van der Waals surface area contributed by atoms with Crippen LogP contribution in [0.2, 0.25) is 0 Å². The summed E-state index contributed by atoms with van der Waals surface area (Å²) in [7, 11) is -3.75. The van der Waals surface area contributed by atoms with Gasteiger partial charge >= 0.3 is 0 Å². The Balaban J connectivity index is 1.86. The van der Waals surface area contributed by atoms with E-state index in [1.54, 1.807) is 37.3 Å². The summed E-state index contributed by atoms with van der Waals surface area (Å²) < 4.78 is 31.9. The normalized spacial score (nSPS) is 10.9. The number of rotatable bonds is 5. The Morgan fingerprint density at radius 1 is 1.12 bits per heavy atom. The molecule has 0 radical (unpaired) electrons. The molecule has 3 aromatic rings. The van der Waals surface area contributed by atoms with Gasteiger partial charge in [-0.3, -0.25) is 4.72 Å². The Kier molecular flexibility index (Phi) is 4.42. The van der Waals surface area contributed by atoms with Gasteiger partial charge < -0.3 is 4.52 Å². The maximum absolute atomic E-state index is 12.3. The summed E-state index contributed by atoms with van der Waals surface area (Å²) in [5.41, 5.74) is 10.6. The van der Waals surface area contributed by atoms with Crippen LogP contribution in [0.3, 0.4) is 0 Å². The van der Waals surface area contributed by atoms with Crippen LogP contribution in [0.25, 0.3) is 21.6 Å². The first-order valence-corrected chi connectivity index (χ1v) is 8.68. The molecule has 0 saturated heterocycles. The van der Waals surface area contributed by atoms with Crippen molar-refractivity contribution >= 4 is 21.5 Å². The van der Waals surface area contributed by atoms with Crippen molar-refractivity contribution in [3.8, 4) is 11.1 Å². The van der Waals surface area contributed by atoms with Crippen molar-refractivity contribution < 1.29 is 12.9 Å². The standard InChI is InChI=1S/C16H13N5O3S/c1-11-9-16(19-24-11)20-25(22,23)15-7-5-12(6-8-15)13-3-2-4-14(10-13)18-21-17/h2-10H,1H3,(H,19,20). The van der Waals surface area contributed by atoms with Gasteiger partial charge in [0.05, 0.1) is 4.90 Å². The number of hydrogen-bond acceptors (Lipinski definition) is 5. The molecule has 8 nitrogen and oxygen atoms in total. The highest BCUT2D eigenvalue weighted by Crippen LogP contribution is 2.26. The third-order valence-electron chi connectivity index (χ3n) is 3.37. The first kappa shape index (κ1) is 16.6. The second-order valence-corrected chi connectivity index (χ2v) is 6.87. The highest BCUT2D eigenvalue weighted by atomic mass is 32.2. The minimum absolute atomic E-state index is 0.100. The summed E-state index contributed by atoms with van der Waals surface area (Å²) in [5.74, 6) is 0.636. The van der Waals surface area contributed by atoms with E-state index in [1.807, 2.05) is 6.07 Å². The molecule has 1 N–H and O–H groups in total. The van der Waals surface area contributed by atoms with E-state index in [4.69, 9.17) is 10.1 Å². The number of aryl methyl sites for hydroxylation is 1.